The Morgan fingerprint density at radius 2 is 2.27 bits per heavy atom. The van der Waals surface area contributed by atoms with Gasteiger partial charge in [0.15, 0.2) is 0 Å². The average Bonchev–Trinajstić information content (AvgIpc) is 2.16. The predicted molar refractivity (Wildman–Crippen MR) is 48.5 cm³/mol. The third kappa shape index (κ3) is 2.07. The van der Waals surface area contributed by atoms with E-state index >= 15 is 0 Å². The van der Waals surface area contributed by atoms with E-state index in [4.69, 9.17) is 5.73 Å². The van der Waals surface area contributed by atoms with Crippen LogP contribution in [0.4, 0.5) is 14.5 Å². The molecular formula is C8H9F2N3O2. The van der Waals surface area contributed by atoms with Gasteiger partial charge in [0.05, 0.1) is 16.2 Å². The van der Waals surface area contributed by atoms with E-state index in [1.807, 2.05) is 0 Å². The molecule has 0 aliphatic carbocycles. The van der Waals surface area contributed by atoms with Gasteiger partial charge in [0.1, 0.15) is 5.56 Å². The van der Waals surface area contributed by atoms with Gasteiger partial charge in [0.25, 0.3) is 12.1 Å². The highest BCUT2D eigenvalue weighted by Crippen LogP contribution is 2.33. The van der Waals surface area contributed by atoms with Crippen molar-refractivity contribution in [1.29, 1.82) is 0 Å². The van der Waals surface area contributed by atoms with Gasteiger partial charge in [-0.25, -0.2) is 8.78 Å². The fourth-order valence-electron chi connectivity index (χ4n) is 1.28. The first-order chi connectivity index (χ1) is 6.99. The van der Waals surface area contributed by atoms with Crippen LogP contribution in [0.1, 0.15) is 23.2 Å². The van der Waals surface area contributed by atoms with Crippen molar-refractivity contribution in [3.8, 4) is 0 Å². The zero-order valence-corrected chi connectivity index (χ0v) is 7.91. The number of rotatable bonds is 3. The van der Waals surface area contributed by atoms with Crippen molar-refractivity contribution in [3.05, 3.63) is 33.1 Å². The maximum Gasteiger partial charge on any atom is 0.286 e. The number of aryl methyl sites for hydroxylation is 1. The van der Waals surface area contributed by atoms with Crippen LogP contribution in [0, 0.1) is 17.0 Å². The number of hydrogen-bond acceptors (Lipinski definition) is 4. The minimum absolute atomic E-state index is 0.0147. The number of nitrogens with two attached hydrogens (primary N) is 1. The van der Waals surface area contributed by atoms with Crippen LogP contribution in [0.2, 0.25) is 0 Å². The van der Waals surface area contributed by atoms with E-state index in [0.717, 1.165) is 6.20 Å². The van der Waals surface area contributed by atoms with Crippen molar-refractivity contribution in [3.63, 3.8) is 0 Å². The molecule has 1 aromatic rings. The molecule has 0 spiro atoms. The van der Waals surface area contributed by atoms with Gasteiger partial charge >= 0.3 is 0 Å². The lowest BCUT2D eigenvalue weighted by Crippen LogP contribution is -2.08. The molecule has 0 aromatic carbocycles. The van der Waals surface area contributed by atoms with E-state index in [1.54, 1.807) is 0 Å². The minimum atomic E-state index is -2.93. The second kappa shape index (κ2) is 4.26. The van der Waals surface area contributed by atoms with Gasteiger partial charge in [0.2, 0.25) is 0 Å². The number of halogens is 2. The van der Waals surface area contributed by atoms with Crippen LogP contribution in [-0.2, 0) is 6.54 Å². The zero-order chi connectivity index (χ0) is 11.6. The fraction of sp³-hybridized carbons (Fsp3) is 0.375. The van der Waals surface area contributed by atoms with E-state index in [1.165, 1.54) is 6.92 Å². The molecule has 7 heteroatoms. The normalized spacial score (nSPS) is 10.7. The van der Waals surface area contributed by atoms with Gasteiger partial charge in [-0.15, -0.1) is 0 Å². The molecular weight excluding hydrogens is 208 g/mol. The molecule has 1 rings (SSSR count). The lowest BCUT2D eigenvalue weighted by molar-refractivity contribution is -0.387. The highest BCUT2D eigenvalue weighted by molar-refractivity contribution is 5.49. The molecule has 0 atom stereocenters. The summed E-state index contributed by atoms with van der Waals surface area (Å²) >= 11 is 0. The van der Waals surface area contributed by atoms with Crippen molar-refractivity contribution in [2.24, 2.45) is 5.73 Å². The van der Waals surface area contributed by atoms with Crippen molar-refractivity contribution in [2.75, 3.05) is 0 Å². The summed E-state index contributed by atoms with van der Waals surface area (Å²) in [6, 6.07) is 0. The summed E-state index contributed by atoms with van der Waals surface area (Å²) in [4.78, 5) is 13.4. The predicted octanol–water partition coefficient (Wildman–Crippen LogP) is 1.69. The number of nitro groups is 1. The molecule has 0 aliphatic rings. The second-order valence-electron chi connectivity index (χ2n) is 2.89. The van der Waals surface area contributed by atoms with Crippen LogP contribution in [0.15, 0.2) is 6.20 Å². The van der Waals surface area contributed by atoms with Crippen LogP contribution >= 0.6 is 0 Å². The molecule has 0 fully saturated rings. The summed E-state index contributed by atoms with van der Waals surface area (Å²) in [5.41, 5.74) is 3.91. The first-order valence-corrected chi connectivity index (χ1v) is 4.10. The van der Waals surface area contributed by atoms with E-state index in [2.05, 4.69) is 4.98 Å². The third-order valence-electron chi connectivity index (χ3n) is 1.98. The minimum Gasteiger partial charge on any atom is -0.326 e. The van der Waals surface area contributed by atoms with E-state index in [0.29, 0.717) is 0 Å². The Hall–Kier alpha value is -1.63. The van der Waals surface area contributed by atoms with Crippen molar-refractivity contribution >= 4 is 5.69 Å². The molecule has 0 aliphatic heterocycles. The van der Waals surface area contributed by atoms with Gasteiger partial charge in [-0.2, -0.15) is 0 Å². The standard InChI is InChI=1S/C8H9F2N3O2/c1-4-6(8(9)10)7(13(14)15)5(2-11)3-12-4/h3,8H,2,11H2,1H3. The first kappa shape index (κ1) is 11.4. The number of nitrogens with zero attached hydrogens (tertiary/aromatic N) is 2. The molecule has 0 saturated carbocycles. The molecule has 2 N–H and O–H groups in total. The topological polar surface area (TPSA) is 82.0 Å². The summed E-state index contributed by atoms with van der Waals surface area (Å²) in [5.74, 6) is 0. The van der Waals surface area contributed by atoms with Gasteiger partial charge in [-0.3, -0.25) is 15.1 Å². The van der Waals surface area contributed by atoms with Crippen LogP contribution in [0.3, 0.4) is 0 Å². The molecule has 0 amide bonds. The summed E-state index contributed by atoms with van der Waals surface area (Å²) in [6.45, 7) is 1.11. The number of alkyl halides is 2. The van der Waals surface area contributed by atoms with Crippen LogP contribution in [0.5, 0.6) is 0 Å². The Kier molecular flexibility index (Phi) is 3.25. The Labute approximate surface area is 84.1 Å². The highest BCUT2D eigenvalue weighted by Gasteiger charge is 2.28. The summed E-state index contributed by atoms with van der Waals surface area (Å²) in [6.07, 6.45) is -1.77. The number of hydrogen-bond donors (Lipinski definition) is 1. The summed E-state index contributed by atoms with van der Waals surface area (Å²) < 4.78 is 25.2. The van der Waals surface area contributed by atoms with E-state index in [9.17, 15) is 18.9 Å². The van der Waals surface area contributed by atoms with Crippen molar-refractivity contribution in [2.45, 2.75) is 19.9 Å². The molecule has 0 bridgehead atoms. The Morgan fingerprint density at radius 3 is 2.67 bits per heavy atom. The van der Waals surface area contributed by atoms with Gasteiger partial charge in [0, 0.05) is 12.7 Å². The Morgan fingerprint density at radius 1 is 1.67 bits per heavy atom. The second-order valence-corrected chi connectivity index (χ2v) is 2.89. The quantitative estimate of drug-likeness (QED) is 0.617. The lowest BCUT2D eigenvalue weighted by Gasteiger charge is -2.07. The molecule has 15 heavy (non-hydrogen) atoms. The van der Waals surface area contributed by atoms with Gasteiger partial charge in [-0.05, 0) is 6.92 Å². The molecule has 0 saturated heterocycles. The van der Waals surface area contributed by atoms with E-state index < -0.39 is 22.6 Å². The first-order valence-electron chi connectivity index (χ1n) is 4.10. The molecule has 1 aromatic heterocycles. The largest absolute Gasteiger partial charge is 0.326 e. The van der Waals surface area contributed by atoms with Crippen LogP contribution in [0.25, 0.3) is 0 Å². The molecule has 1 heterocycles. The molecule has 5 nitrogen and oxygen atoms in total. The van der Waals surface area contributed by atoms with E-state index in [-0.39, 0.29) is 17.8 Å². The van der Waals surface area contributed by atoms with Crippen LogP contribution in [-0.4, -0.2) is 9.91 Å². The van der Waals surface area contributed by atoms with Crippen molar-refractivity contribution in [1.82, 2.24) is 4.98 Å². The average molecular weight is 217 g/mol. The number of aromatic nitrogens is 1. The Balaban J connectivity index is 3.51. The highest BCUT2D eigenvalue weighted by atomic mass is 19.3. The summed E-state index contributed by atoms with van der Waals surface area (Å²) in [7, 11) is 0. The third-order valence-corrected chi connectivity index (χ3v) is 1.98. The fourth-order valence-corrected chi connectivity index (χ4v) is 1.28. The zero-order valence-electron chi connectivity index (χ0n) is 7.91. The molecule has 0 unspecified atom stereocenters. The molecule has 0 radical (unpaired) electrons. The summed E-state index contributed by atoms with van der Waals surface area (Å²) in [5, 5.41) is 10.6. The SMILES string of the molecule is Cc1ncc(CN)c([N+](=O)[O-])c1C(F)F. The maximum absolute atomic E-state index is 12.6. The maximum atomic E-state index is 12.6. The molecule has 82 valence electrons. The Bertz CT molecular complexity index is 396. The lowest BCUT2D eigenvalue weighted by atomic mass is 10.1. The monoisotopic (exact) mass is 217 g/mol. The van der Waals surface area contributed by atoms with Gasteiger partial charge < -0.3 is 5.73 Å². The van der Waals surface area contributed by atoms with Crippen LogP contribution < -0.4 is 5.73 Å². The smallest absolute Gasteiger partial charge is 0.286 e. The van der Waals surface area contributed by atoms with Gasteiger partial charge in [-0.1, -0.05) is 0 Å². The van der Waals surface area contributed by atoms with Crippen molar-refractivity contribution < 1.29 is 13.7 Å². The number of pyridine rings is 1.